The molecule has 0 bridgehead atoms. The lowest BCUT2D eigenvalue weighted by atomic mass is 10.1. The third kappa shape index (κ3) is 6.78. The van der Waals surface area contributed by atoms with E-state index in [2.05, 4.69) is 11.9 Å². The second-order valence-corrected chi connectivity index (χ2v) is 8.71. The van der Waals surface area contributed by atoms with Crippen molar-refractivity contribution in [2.45, 2.75) is 46.0 Å². The molecule has 0 saturated carbocycles. The molecule has 0 atom stereocenters. The van der Waals surface area contributed by atoms with Gasteiger partial charge in [-0.15, -0.1) is 0 Å². The fourth-order valence-electron chi connectivity index (χ4n) is 3.63. The number of nitrogens with zero attached hydrogens (tertiary/aromatic N) is 1. The van der Waals surface area contributed by atoms with Gasteiger partial charge in [-0.25, -0.2) is 4.98 Å². The Morgan fingerprint density at radius 1 is 1.06 bits per heavy atom. The Hall–Kier alpha value is -2.43. The Kier molecular flexibility index (Phi) is 9.07. The Bertz CT molecular complexity index is 1080. The third-order valence-corrected chi connectivity index (χ3v) is 5.58. The topological polar surface area (TPSA) is 51.6 Å². The summed E-state index contributed by atoms with van der Waals surface area (Å²) in [5.74, 6) is 1.96. The molecule has 0 aliphatic rings. The highest BCUT2D eigenvalue weighted by Gasteiger charge is 2.10. The van der Waals surface area contributed by atoms with E-state index < -0.39 is 0 Å². The number of rotatable bonds is 11. The molecule has 0 saturated heterocycles. The van der Waals surface area contributed by atoms with E-state index in [1.807, 2.05) is 43.3 Å². The van der Waals surface area contributed by atoms with Crippen LogP contribution in [-0.2, 0) is 12.8 Å². The lowest BCUT2D eigenvalue weighted by molar-refractivity contribution is 0.299. The van der Waals surface area contributed by atoms with Crippen LogP contribution >= 0.6 is 23.2 Å². The van der Waals surface area contributed by atoms with Crippen molar-refractivity contribution in [3.8, 4) is 17.2 Å². The Morgan fingerprint density at radius 2 is 1.91 bits per heavy atom. The molecule has 0 fully saturated rings. The molecule has 1 aromatic heterocycles. The zero-order chi connectivity index (χ0) is 22.9. The van der Waals surface area contributed by atoms with Crippen LogP contribution in [0, 0.1) is 6.92 Å². The quantitative estimate of drug-likeness (QED) is 0.296. The van der Waals surface area contributed by atoms with Crippen LogP contribution in [0.25, 0.3) is 10.9 Å². The number of unbranched alkanes of at least 4 members (excludes halogenated alkanes) is 2. The molecule has 1 heterocycles. The second-order valence-electron chi connectivity index (χ2n) is 7.70. The molecule has 0 spiro atoms. The molecule has 170 valence electrons. The van der Waals surface area contributed by atoms with Gasteiger partial charge < -0.3 is 14.6 Å². The minimum absolute atomic E-state index is 0.201. The van der Waals surface area contributed by atoms with E-state index in [0.717, 1.165) is 65.8 Å². The van der Waals surface area contributed by atoms with E-state index in [9.17, 15) is 5.11 Å². The van der Waals surface area contributed by atoms with Gasteiger partial charge in [0.05, 0.1) is 6.61 Å². The fraction of sp³-hybridized carbons (Fsp3) is 0.346. The summed E-state index contributed by atoms with van der Waals surface area (Å²) in [4.78, 5) is 4.60. The van der Waals surface area contributed by atoms with Crippen LogP contribution in [0.15, 0.2) is 53.0 Å². The number of hydrogen-bond acceptors (Lipinski definition) is 4. The summed E-state index contributed by atoms with van der Waals surface area (Å²) in [6.07, 6.45) is 6.41. The Morgan fingerprint density at radius 3 is 2.69 bits per heavy atom. The molecular formula is C26H29Cl2NO3. The number of phenols is 1. The van der Waals surface area contributed by atoms with Crippen LogP contribution in [0.4, 0.5) is 0 Å². The van der Waals surface area contributed by atoms with E-state index >= 15 is 0 Å². The van der Waals surface area contributed by atoms with Crippen molar-refractivity contribution in [3.05, 3.63) is 69.9 Å². The van der Waals surface area contributed by atoms with Gasteiger partial charge in [-0.1, -0.05) is 48.3 Å². The van der Waals surface area contributed by atoms with Crippen LogP contribution in [0.1, 0.15) is 43.0 Å². The van der Waals surface area contributed by atoms with Gasteiger partial charge in [0.25, 0.3) is 0 Å². The molecule has 0 unspecified atom stereocenters. The molecule has 0 radical (unpaired) electrons. The molecule has 0 amide bonds. The van der Waals surface area contributed by atoms with Crippen molar-refractivity contribution < 1.29 is 14.6 Å². The number of para-hydroxylation sites is 1. The summed E-state index contributed by atoms with van der Waals surface area (Å²) in [5, 5.41) is 11.0. The number of aromatic hydroxyl groups is 1. The summed E-state index contributed by atoms with van der Waals surface area (Å²) in [6, 6.07) is 13.5. The summed E-state index contributed by atoms with van der Waals surface area (Å²) >= 11 is 11.3. The number of aryl methyl sites for hydroxylation is 3. The lowest BCUT2D eigenvalue weighted by Gasteiger charge is -2.15. The number of aromatic nitrogens is 1. The summed E-state index contributed by atoms with van der Waals surface area (Å²) in [7, 11) is 0. The van der Waals surface area contributed by atoms with Gasteiger partial charge >= 0.3 is 0 Å². The minimum Gasteiger partial charge on any atom is -0.506 e. The summed E-state index contributed by atoms with van der Waals surface area (Å²) in [6.45, 7) is 5.14. The van der Waals surface area contributed by atoms with Crippen LogP contribution in [0.5, 0.6) is 17.2 Å². The highest BCUT2D eigenvalue weighted by atomic mass is 35.5. The minimum atomic E-state index is 0.201. The van der Waals surface area contributed by atoms with Gasteiger partial charge in [0, 0.05) is 11.1 Å². The van der Waals surface area contributed by atoms with Crippen LogP contribution in [-0.4, -0.2) is 23.3 Å². The number of hydrogen-bond donors (Lipinski definition) is 1. The van der Waals surface area contributed by atoms with Gasteiger partial charge in [-0.05, 0) is 80.5 Å². The number of benzene rings is 2. The van der Waals surface area contributed by atoms with E-state index in [4.69, 9.17) is 32.7 Å². The number of halogens is 2. The number of pyridine rings is 1. The molecule has 2 aromatic carbocycles. The van der Waals surface area contributed by atoms with E-state index in [1.165, 1.54) is 0 Å². The number of phenolic OH excluding ortho intramolecular Hbond substituents is 1. The van der Waals surface area contributed by atoms with E-state index in [1.54, 1.807) is 12.1 Å². The van der Waals surface area contributed by atoms with Gasteiger partial charge in [0.15, 0.2) is 0 Å². The largest absolute Gasteiger partial charge is 0.506 e. The second kappa shape index (κ2) is 12.0. The molecule has 0 aliphatic heterocycles. The van der Waals surface area contributed by atoms with Gasteiger partial charge in [0.2, 0.25) is 0 Å². The maximum atomic E-state index is 9.99. The third-order valence-electron chi connectivity index (χ3n) is 5.27. The first-order valence-electron chi connectivity index (χ1n) is 11.0. The Labute approximate surface area is 199 Å². The molecule has 3 aromatic rings. The smallest absolute Gasteiger partial charge is 0.141 e. The SMILES string of the molecule is CCc1cc(OCC=C(Cl)Cl)cc(C)c1OCCCCCc1ccc2cccc(O)c2n1. The summed E-state index contributed by atoms with van der Waals surface area (Å²) < 4.78 is 12.0. The summed E-state index contributed by atoms with van der Waals surface area (Å²) in [5.41, 5.74) is 3.86. The van der Waals surface area contributed by atoms with E-state index in [0.29, 0.717) is 18.7 Å². The van der Waals surface area contributed by atoms with Crippen LogP contribution in [0.2, 0.25) is 0 Å². The van der Waals surface area contributed by atoms with Crippen molar-refractivity contribution in [3.63, 3.8) is 0 Å². The normalized spacial score (nSPS) is 10.9. The molecule has 6 heteroatoms. The zero-order valence-electron chi connectivity index (χ0n) is 18.5. The predicted octanol–water partition coefficient (Wildman–Crippen LogP) is 7.30. The molecule has 3 rings (SSSR count). The fourth-order valence-corrected chi connectivity index (χ4v) is 3.76. The van der Waals surface area contributed by atoms with Gasteiger partial charge in [-0.2, -0.15) is 0 Å². The van der Waals surface area contributed by atoms with Crippen LogP contribution in [0.3, 0.4) is 0 Å². The van der Waals surface area contributed by atoms with Crippen molar-refractivity contribution in [2.75, 3.05) is 13.2 Å². The lowest BCUT2D eigenvalue weighted by Crippen LogP contribution is -2.04. The van der Waals surface area contributed by atoms with Gasteiger partial charge in [-0.3, -0.25) is 0 Å². The van der Waals surface area contributed by atoms with Crippen LogP contribution < -0.4 is 9.47 Å². The molecule has 1 N–H and O–H groups in total. The van der Waals surface area contributed by atoms with Crippen molar-refractivity contribution in [1.82, 2.24) is 4.98 Å². The number of ether oxygens (including phenoxy) is 2. The Balaban J connectivity index is 1.47. The first-order chi connectivity index (χ1) is 15.5. The maximum Gasteiger partial charge on any atom is 0.141 e. The van der Waals surface area contributed by atoms with E-state index in [-0.39, 0.29) is 10.2 Å². The highest BCUT2D eigenvalue weighted by Crippen LogP contribution is 2.30. The molecule has 0 aliphatic carbocycles. The average molecular weight is 474 g/mol. The van der Waals surface area contributed by atoms with Crippen molar-refractivity contribution in [2.24, 2.45) is 0 Å². The first-order valence-corrected chi connectivity index (χ1v) is 11.7. The zero-order valence-corrected chi connectivity index (χ0v) is 20.0. The number of fused-ring (bicyclic) bond motifs is 1. The predicted molar refractivity (Wildman–Crippen MR) is 132 cm³/mol. The monoisotopic (exact) mass is 473 g/mol. The molecular weight excluding hydrogens is 445 g/mol. The molecule has 32 heavy (non-hydrogen) atoms. The first kappa shape index (κ1) is 24.2. The molecule has 4 nitrogen and oxygen atoms in total. The standard InChI is InChI=1S/C26H29Cl2NO3/c1-3-19-17-22(31-15-13-24(27)28)16-18(2)26(19)32-14-6-4-5-9-21-12-11-20-8-7-10-23(30)25(20)29-21/h7-8,10-13,16-17,30H,3-6,9,14-15H2,1-2H3. The van der Waals surface area contributed by atoms with Crippen molar-refractivity contribution in [1.29, 1.82) is 0 Å². The van der Waals surface area contributed by atoms with Gasteiger partial charge in [0.1, 0.15) is 33.9 Å². The highest BCUT2D eigenvalue weighted by molar-refractivity contribution is 6.55. The van der Waals surface area contributed by atoms with Crippen molar-refractivity contribution >= 4 is 34.1 Å². The maximum absolute atomic E-state index is 9.99. The average Bonchev–Trinajstić information content (AvgIpc) is 2.77.